The third-order valence-electron chi connectivity index (χ3n) is 14.8. The van der Waals surface area contributed by atoms with Crippen LogP contribution in [0.5, 0.6) is 0 Å². The Balaban J connectivity index is 1.09. The van der Waals surface area contributed by atoms with Gasteiger partial charge in [-0.1, -0.05) is 76.6 Å². The normalized spacial score (nSPS) is 11.3. The first kappa shape index (κ1) is 66.1. The summed E-state index contributed by atoms with van der Waals surface area (Å²) in [6.07, 6.45) is 2.13. The van der Waals surface area contributed by atoms with Gasteiger partial charge in [0.1, 0.15) is 36.2 Å². The smallest absolute Gasteiger partial charge is 0.323 e. The first-order valence-corrected chi connectivity index (χ1v) is 30.1. The number of amides is 1. The van der Waals surface area contributed by atoms with E-state index in [0.717, 1.165) is 88.9 Å². The average molecular weight is 1270 g/mol. The summed E-state index contributed by atoms with van der Waals surface area (Å²) in [6, 6.07) is 23.1. The highest BCUT2D eigenvalue weighted by Crippen LogP contribution is 2.43. The molecule has 0 atom stereocenters. The summed E-state index contributed by atoms with van der Waals surface area (Å²) < 4.78 is 8.02. The molecule has 0 fully saturated rings. The molecule has 4 aromatic carbocycles. The van der Waals surface area contributed by atoms with E-state index in [2.05, 4.69) is 104 Å². The van der Waals surface area contributed by atoms with Gasteiger partial charge in [0, 0.05) is 62.7 Å². The number of nitrogens with one attached hydrogen (secondary N) is 4. The Kier molecular flexibility index (Phi) is 20.3. The lowest BCUT2D eigenvalue weighted by molar-refractivity contribution is -0.140. The first-order chi connectivity index (χ1) is 44.5. The van der Waals surface area contributed by atoms with Crippen LogP contribution in [-0.2, 0) is 20.9 Å². The van der Waals surface area contributed by atoms with Crippen molar-refractivity contribution in [3.63, 3.8) is 0 Å². The summed E-state index contributed by atoms with van der Waals surface area (Å²) in [5, 5.41) is 80.4. The van der Waals surface area contributed by atoms with Gasteiger partial charge in [0.05, 0.1) is 12.3 Å². The van der Waals surface area contributed by atoms with Crippen LogP contribution in [0.1, 0.15) is 89.2 Å². The topological polar surface area (TPSA) is 333 Å². The van der Waals surface area contributed by atoms with Gasteiger partial charge in [0.2, 0.25) is 22.0 Å². The van der Waals surface area contributed by atoms with E-state index >= 15 is 0 Å². The molecule has 6 N–H and O–H groups in total. The number of hydrogen-bond donors (Lipinski definition) is 6. The zero-order valence-corrected chi connectivity index (χ0v) is 54.5. The predicted molar refractivity (Wildman–Crippen MR) is 356 cm³/mol. The average Bonchev–Trinajstić information content (AvgIpc) is 1.79. The number of carbonyl (C=O) groups is 3. The molecule has 0 saturated heterocycles. The number of methoxy groups -OCH3 is 1. The highest BCUT2D eigenvalue weighted by molar-refractivity contribution is 7.16. The minimum absolute atomic E-state index is 0.0251. The molecule has 0 spiro atoms. The van der Waals surface area contributed by atoms with Crippen molar-refractivity contribution in [2.45, 2.75) is 89.1 Å². The Morgan fingerprint density at radius 1 is 0.710 bits per heavy atom. The fourth-order valence-corrected chi connectivity index (χ4v) is 11.6. The highest BCUT2D eigenvalue weighted by Gasteiger charge is 2.27. The number of rotatable bonds is 25. The van der Waals surface area contributed by atoms with Gasteiger partial charge in [-0.2, -0.15) is 30.1 Å². The molecule has 0 aliphatic carbocycles. The molecule has 9 rings (SSSR count). The first-order valence-electron chi connectivity index (χ1n) is 29.3. The molecule has 93 heavy (non-hydrogen) atoms. The number of hydrogen-bond acceptors (Lipinski definition) is 22. The van der Waals surface area contributed by atoms with Crippen LogP contribution < -0.4 is 26.2 Å². The van der Waals surface area contributed by atoms with E-state index in [9.17, 15) is 29.9 Å². The van der Waals surface area contributed by atoms with Crippen LogP contribution in [-0.4, -0.2) is 118 Å². The summed E-state index contributed by atoms with van der Waals surface area (Å²) in [7, 11) is 3.35. The van der Waals surface area contributed by atoms with E-state index < -0.39 is 30.9 Å². The monoisotopic (exact) mass is 1270 g/mol. The third-order valence-corrected chi connectivity index (χ3v) is 15.7. The van der Waals surface area contributed by atoms with Gasteiger partial charge in [-0.05, 0) is 145 Å². The van der Waals surface area contributed by atoms with E-state index in [1.54, 1.807) is 45.3 Å². The Morgan fingerprint density at radius 3 is 1.83 bits per heavy atom. The van der Waals surface area contributed by atoms with Crippen LogP contribution in [0, 0.1) is 94.1 Å². The van der Waals surface area contributed by atoms with Gasteiger partial charge in [0.25, 0.3) is 11.6 Å². The van der Waals surface area contributed by atoms with Crippen molar-refractivity contribution in [2.75, 3.05) is 66.6 Å². The van der Waals surface area contributed by atoms with E-state index in [1.165, 1.54) is 15.6 Å². The maximum atomic E-state index is 13.5. The van der Waals surface area contributed by atoms with Crippen LogP contribution >= 0.6 is 11.3 Å². The molecule has 5 aromatic heterocycles. The number of carboxylic acid groups (broad SMARTS) is 2. The van der Waals surface area contributed by atoms with Crippen molar-refractivity contribution in [3.05, 3.63) is 162 Å². The number of nitriles is 1. The predicted octanol–water partition coefficient (Wildman–Crippen LogP) is 13.7. The number of benzene rings is 4. The maximum Gasteiger partial charge on any atom is 0.323 e. The molecule has 0 bridgehead atoms. The standard InChI is InChI=1S/C65H69N21O6S/c1-34-22-37(4)52(38(5)23-34)71-59-54(41(8)28-49(70-59)84(56-42(9)26-36(3)27-43(56)10)30-45-16-18-46(19-17-45)62(91)83(32-50(87)88)33-51(89)90)75-78-61-47(29-66)44(11)81-86(61)65-80-79-64(93-65)85-31-48(67-12)57(82-85)77-76-55-58(69-20-15-21-92-14)73-63(68-13)74-60(55)72-53-39(6)24-35(2)25-40(53)7/h16-19,22-28,31H,15,20-21,30,32-33H2,1-11,13-14H3,(H,70,71)(H,87,88)(H,89,90)(H3,68,69,72,73,74). The van der Waals surface area contributed by atoms with Crippen molar-refractivity contribution in [1.82, 2.24) is 49.6 Å². The number of aryl methyl sites for hydroxylation is 11. The second kappa shape index (κ2) is 28.6. The number of aliphatic carboxylic acids is 2. The SMILES string of the molecule is [C-]#[N+]c1cn(-c2nnc(-n3nc(C)c(C#N)c3N=Nc3c(C)cc(N(Cc4ccc(C(=O)N(CC(=O)O)CC(=O)O)cc4)c4c(C)cc(C)cc4C)nc3Nc3c(C)cc(C)cc3C)s2)nc1N=Nc1c(NCCCOC)nc(NC)nc1Nc1c(C)cc(C)cc1C. The molecule has 9 aromatic rings. The number of ether oxygens (including phenoxy) is 1. The Labute approximate surface area is 540 Å². The van der Waals surface area contributed by atoms with Crippen molar-refractivity contribution in [2.24, 2.45) is 20.5 Å². The number of carboxylic acids is 2. The summed E-state index contributed by atoms with van der Waals surface area (Å²) in [4.78, 5) is 58.0. The lowest BCUT2D eigenvalue weighted by Crippen LogP contribution is -2.39. The molecule has 0 unspecified atom stereocenters. The number of aromatic nitrogens is 9. The summed E-state index contributed by atoms with van der Waals surface area (Å²) in [5.74, 6) is -1.51. The number of anilines is 8. The largest absolute Gasteiger partial charge is 0.480 e. The van der Waals surface area contributed by atoms with Gasteiger partial charge in [-0.15, -0.1) is 30.7 Å². The second-order valence-electron chi connectivity index (χ2n) is 22.4. The molecular weight excluding hydrogens is 1200 g/mol. The molecule has 0 aliphatic heterocycles. The molecule has 28 heteroatoms. The second-order valence-corrected chi connectivity index (χ2v) is 23.3. The Bertz CT molecular complexity index is 4430. The van der Waals surface area contributed by atoms with Crippen LogP contribution in [0.25, 0.3) is 15.1 Å². The van der Waals surface area contributed by atoms with E-state index in [-0.39, 0.29) is 50.9 Å². The van der Waals surface area contributed by atoms with Gasteiger partial charge in [-0.3, -0.25) is 14.4 Å². The Hall–Kier alpha value is -11.4. The summed E-state index contributed by atoms with van der Waals surface area (Å²) >= 11 is 1.05. The molecule has 27 nitrogen and oxygen atoms in total. The number of carbonyl (C=O) groups excluding carboxylic acids is 1. The zero-order chi connectivity index (χ0) is 66.9. The van der Waals surface area contributed by atoms with Gasteiger partial charge in [-0.25, -0.2) is 14.5 Å². The third kappa shape index (κ3) is 15.1. The van der Waals surface area contributed by atoms with Crippen molar-refractivity contribution in [1.29, 1.82) is 5.26 Å². The lowest BCUT2D eigenvalue weighted by atomic mass is 10.0. The number of azo groups is 2. The molecule has 1 amide bonds. The summed E-state index contributed by atoms with van der Waals surface area (Å²) in [5.41, 5.74) is 14.1. The van der Waals surface area contributed by atoms with Crippen LogP contribution in [0.15, 0.2) is 93.4 Å². The molecule has 0 saturated carbocycles. The minimum atomic E-state index is -1.34. The quantitative estimate of drug-likeness (QED) is 0.0176. The van der Waals surface area contributed by atoms with E-state index in [4.69, 9.17) is 36.6 Å². The fourth-order valence-electron chi connectivity index (χ4n) is 10.9. The van der Waals surface area contributed by atoms with Gasteiger partial charge < -0.3 is 46.0 Å². The van der Waals surface area contributed by atoms with Crippen LogP contribution in [0.2, 0.25) is 0 Å². The molecule has 476 valence electrons. The van der Waals surface area contributed by atoms with Crippen molar-refractivity contribution >= 4 is 104 Å². The Morgan fingerprint density at radius 2 is 1.27 bits per heavy atom. The minimum Gasteiger partial charge on any atom is -0.480 e. The molecule has 0 radical (unpaired) electrons. The van der Waals surface area contributed by atoms with E-state index in [1.807, 2.05) is 75.3 Å². The molecular formula is C65H69N21O6S. The molecule has 5 heterocycles. The fraction of sp³-hybridized carbons (Fsp3) is 0.292. The molecule has 0 aliphatic rings. The number of pyridine rings is 1. The van der Waals surface area contributed by atoms with Crippen molar-refractivity contribution < 1.29 is 29.3 Å². The lowest BCUT2D eigenvalue weighted by Gasteiger charge is -2.29. The zero-order valence-electron chi connectivity index (χ0n) is 53.7. The highest BCUT2D eigenvalue weighted by atomic mass is 32.1. The van der Waals surface area contributed by atoms with Gasteiger partial charge in [0.15, 0.2) is 29.0 Å². The maximum absolute atomic E-state index is 13.5. The van der Waals surface area contributed by atoms with Gasteiger partial charge >= 0.3 is 11.9 Å². The van der Waals surface area contributed by atoms with E-state index in [0.29, 0.717) is 65.7 Å². The van der Waals surface area contributed by atoms with Crippen molar-refractivity contribution in [3.8, 4) is 16.3 Å². The van der Waals surface area contributed by atoms with Crippen LogP contribution in [0.3, 0.4) is 0 Å². The summed E-state index contributed by atoms with van der Waals surface area (Å²) in [6.45, 7) is 29.5. The van der Waals surface area contributed by atoms with Crippen LogP contribution in [0.4, 0.5) is 75.0 Å². The number of nitrogens with zero attached hydrogens (tertiary/aromatic N) is 17.